The summed E-state index contributed by atoms with van der Waals surface area (Å²) < 4.78 is 0. The quantitative estimate of drug-likeness (QED) is 0.860. The second-order valence-electron chi connectivity index (χ2n) is 6.15. The molecular weight excluding hydrogens is 290 g/mol. The molecule has 0 radical (unpaired) electrons. The lowest BCUT2D eigenvalue weighted by Gasteiger charge is -2.34. The lowest BCUT2D eigenvalue weighted by Crippen LogP contribution is -2.48. The van der Waals surface area contributed by atoms with Gasteiger partial charge >= 0.3 is 5.97 Å². The van der Waals surface area contributed by atoms with Crippen LogP contribution in [0.3, 0.4) is 0 Å². The highest BCUT2D eigenvalue weighted by Crippen LogP contribution is 2.40. The van der Waals surface area contributed by atoms with E-state index in [9.17, 15) is 19.5 Å². The van der Waals surface area contributed by atoms with Crippen LogP contribution in [0.5, 0.6) is 0 Å². The molecule has 1 N–H and O–H groups in total. The fourth-order valence-electron chi connectivity index (χ4n) is 3.57. The first-order valence-corrected chi connectivity index (χ1v) is 8.58. The van der Waals surface area contributed by atoms with E-state index in [4.69, 9.17) is 0 Å². The predicted molar refractivity (Wildman–Crippen MR) is 80.9 cm³/mol. The number of carboxylic acids is 1. The van der Waals surface area contributed by atoms with E-state index < -0.39 is 12.0 Å². The Kier molecular flexibility index (Phi) is 5.30. The maximum absolute atomic E-state index is 12.7. The van der Waals surface area contributed by atoms with Crippen molar-refractivity contribution in [2.75, 3.05) is 5.75 Å². The highest BCUT2D eigenvalue weighted by atomic mass is 32.2. The fourth-order valence-corrected chi connectivity index (χ4v) is 4.19. The van der Waals surface area contributed by atoms with Crippen LogP contribution in [-0.2, 0) is 14.4 Å². The molecule has 0 aromatic carbocycles. The molecule has 2 rings (SSSR count). The van der Waals surface area contributed by atoms with Gasteiger partial charge in [0.2, 0.25) is 5.91 Å². The Morgan fingerprint density at radius 3 is 2.57 bits per heavy atom. The Morgan fingerprint density at radius 1 is 1.29 bits per heavy atom. The minimum absolute atomic E-state index is 0.0126. The zero-order chi connectivity index (χ0) is 15.6. The molecular formula is C15H23NO4S. The van der Waals surface area contributed by atoms with E-state index in [2.05, 4.69) is 0 Å². The second kappa shape index (κ2) is 6.81. The largest absolute Gasteiger partial charge is 0.480 e. The van der Waals surface area contributed by atoms with Crippen LogP contribution in [0.25, 0.3) is 0 Å². The maximum Gasteiger partial charge on any atom is 0.326 e. The summed E-state index contributed by atoms with van der Waals surface area (Å²) in [7, 11) is 0. The number of carbonyl (C=O) groups excluding carboxylic acids is 2. The molecule has 21 heavy (non-hydrogen) atoms. The number of fused-ring (bicyclic) bond motifs is 1. The topological polar surface area (TPSA) is 74.7 Å². The van der Waals surface area contributed by atoms with Gasteiger partial charge in [-0.1, -0.05) is 31.5 Å². The van der Waals surface area contributed by atoms with Crippen molar-refractivity contribution in [2.24, 2.45) is 11.8 Å². The Labute approximate surface area is 129 Å². The number of hydrogen-bond acceptors (Lipinski definition) is 4. The smallest absolute Gasteiger partial charge is 0.326 e. The molecule has 1 saturated heterocycles. The molecule has 2 aliphatic rings. The summed E-state index contributed by atoms with van der Waals surface area (Å²) in [5, 5.41) is 9.41. The summed E-state index contributed by atoms with van der Waals surface area (Å²) in [6.45, 7) is 3.27. The molecule has 1 aliphatic carbocycles. The molecule has 5 nitrogen and oxygen atoms in total. The highest BCUT2D eigenvalue weighted by Gasteiger charge is 2.48. The van der Waals surface area contributed by atoms with Gasteiger partial charge < -0.3 is 10.0 Å². The molecule has 6 heteroatoms. The van der Waals surface area contributed by atoms with Gasteiger partial charge in [-0.25, -0.2) is 4.79 Å². The van der Waals surface area contributed by atoms with Gasteiger partial charge in [0, 0.05) is 24.6 Å². The Bertz CT molecular complexity index is 439. The van der Waals surface area contributed by atoms with E-state index in [0.29, 0.717) is 18.1 Å². The van der Waals surface area contributed by atoms with Crippen molar-refractivity contribution in [1.82, 2.24) is 4.90 Å². The SMILES string of the molecule is CC(=O)SCC(C)C(=O)N1[C@H](C(=O)O)C[C@@H]2CCCC[C@@H]21. The summed E-state index contributed by atoms with van der Waals surface area (Å²) in [5.74, 6) is -0.568. The van der Waals surface area contributed by atoms with E-state index in [0.717, 1.165) is 37.4 Å². The molecule has 2 fully saturated rings. The van der Waals surface area contributed by atoms with Gasteiger partial charge in [-0.2, -0.15) is 0 Å². The monoisotopic (exact) mass is 313 g/mol. The number of carboxylic acid groups (broad SMARTS) is 1. The zero-order valence-electron chi connectivity index (χ0n) is 12.6. The summed E-state index contributed by atoms with van der Waals surface area (Å²) in [6.07, 6.45) is 4.71. The van der Waals surface area contributed by atoms with Crippen LogP contribution in [0.15, 0.2) is 0 Å². The van der Waals surface area contributed by atoms with Gasteiger partial charge in [-0.15, -0.1) is 0 Å². The van der Waals surface area contributed by atoms with Crippen molar-refractivity contribution in [1.29, 1.82) is 0 Å². The van der Waals surface area contributed by atoms with Crippen LogP contribution in [0, 0.1) is 11.8 Å². The molecule has 0 bridgehead atoms. The van der Waals surface area contributed by atoms with E-state index in [1.54, 1.807) is 11.8 Å². The lowest BCUT2D eigenvalue weighted by molar-refractivity contribution is -0.151. The Morgan fingerprint density at radius 2 is 1.95 bits per heavy atom. The summed E-state index contributed by atoms with van der Waals surface area (Å²) in [4.78, 5) is 36.8. The number of thioether (sulfide) groups is 1. The number of hydrogen-bond donors (Lipinski definition) is 1. The molecule has 1 heterocycles. The lowest BCUT2D eigenvalue weighted by atomic mass is 9.84. The van der Waals surface area contributed by atoms with Crippen molar-refractivity contribution in [3.63, 3.8) is 0 Å². The average molecular weight is 313 g/mol. The predicted octanol–water partition coefficient (Wildman–Crippen LogP) is 2.15. The fraction of sp³-hybridized carbons (Fsp3) is 0.800. The number of likely N-dealkylation sites (tertiary alicyclic amines) is 1. The van der Waals surface area contributed by atoms with Gasteiger partial charge in [-0.05, 0) is 25.2 Å². The molecule has 0 aromatic rings. The number of aliphatic carboxylic acids is 1. The number of rotatable bonds is 4. The van der Waals surface area contributed by atoms with Crippen molar-refractivity contribution < 1.29 is 19.5 Å². The van der Waals surface area contributed by atoms with Gasteiger partial charge in [-0.3, -0.25) is 9.59 Å². The third-order valence-corrected chi connectivity index (χ3v) is 5.66. The minimum Gasteiger partial charge on any atom is -0.480 e. The summed E-state index contributed by atoms with van der Waals surface area (Å²) in [6, 6.07) is -0.604. The molecule has 1 aliphatic heterocycles. The number of carbonyl (C=O) groups is 3. The molecule has 1 saturated carbocycles. The van der Waals surface area contributed by atoms with Crippen molar-refractivity contribution >= 4 is 28.8 Å². The van der Waals surface area contributed by atoms with E-state index in [1.165, 1.54) is 6.92 Å². The van der Waals surface area contributed by atoms with Gasteiger partial charge in [0.05, 0.1) is 0 Å². The van der Waals surface area contributed by atoms with E-state index >= 15 is 0 Å². The van der Waals surface area contributed by atoms with Crippen LogP contribution in [0.4, 0.5) is 0 Å². The minimum atomic E-state index is -0.899. The number of amides is 1. The molecule has 118 valence electrons. The molecule has 1 amide bonds. The maximum atomic E-state index is 12.7. The van der Waals surface area contributed by atoms with E-state index in [-0.39, 0.29) is 23.0 Å². The number of nitrogens with zero attached hydrogens (tertiary/aromatic N) is 1. The van der Waals surface area contributed by atoms with Gasteiger partial charge in [0.25, 0.3) is 0 Å². The van der Waals surface area contributed by atoms with Crippen molar-refractivity contribution in [3.05, 3.63) is 0 Å². The van der Waals surface area contributed by atoms with Crippen LogP contribution in [0.1, 0.15) is 46.0 Å². The van der Waals surface area contributed by atoms with Crippen LogP contribution < -0.4 is 0 Å². The third-order valence-electron chi connectivity index (χ3n) is 4.59. The Balaban J connectivity index is 2.11. The van der Waals surface area contributed by atoms with Crippen LogP contribution >= 0.6 is 11.8 Å². The normalized spacial score (nSPS) is 29.8. The third kappa shape index (κ3) is 3.59. The van der Waals surface area contributed by atoms with Crippen LogP contribution in [0.2, 0.25) is 0 Å². The summed E-state index contributed by atoms with van der Waals surface area (Å²) >= 11 is 1.13. The highest BCUT2D eigenvalue weighted by molar-refractivity contribution is 8.13. The molecule has 1 unspecified atom stereocenters. The van der Waals surface area contributed by atoms with Crippen molar-refractivity contribution in [2.45, 2.75) is 58.0 Å². The molecule has 0 aromatic heterocycles. The first kappa shape index (κ1) is 16.3. The van der Waals surface area contributed by atoms with Crippen molar-refractivity contribution in [3.8, 4) is 0 Å². The Hall–Kier alpha value is -1.04. The van der Waals surface area contributed by atoms with E-state index in [1.807, 2.05) is 0 Å². The first-order valence-electron chi connectivity index (χ1n) is 7.60. The standard InChI is InChI=1S/C15H23NO4S/c1-9(8-21-10(2)17)14(18)16-12-6-4-3-5-11(12)7-13(16)15(19)20/h9,11-13H,3-8H2,1-2H3,(H,19,20)/t9?,11-,12-,13-/m0/s1. The summed E-state index contributed by atoms with van der Waals surface area (Å²) in [5.41, 5.74) is 0. The zero-order valence-corrected chi connectivity index (χ0v) is 13.4. The first-order chi connectivity index (χ1) is 9.91. The second-order valence-corrected chi connectivity index (χ2v) is 7.35. The van der Waals surface area contributed by atoms with Gasteiger partial charge in [0.1, 0.15) is 6.04 Å². The van der Waals surface area contributed by atoms with Gasteiger partial charge in [0.15, 0.2) is 5.12 Å². The average Bonchev–Trinajstić information content (AvgIpc) is 2.83. The molecule has 4 atom stereocenters. The van der Waals surface area contributed by atoms with Crippen LogP contribution in [-0.4, -0.2) is 44.8 Å². The molecule has 0 spiro atoms.